The van der Waals surface area contributed by atoms with E-state index in [0.717, 1.165) is 18.4 Å². The van der Waals surface area contributed by atoms with Crippen LogP contribution in [0.3, 0.4) is 0 Å². The zero-order valence-electron chi connectivity index (χ0n) is 21.5. The molecule has 0 aliphatic carbocycles. The summed E-state index contributed by atoms with van der Waals surface area (Å²) in [5, 5.41) is 3.43. The molecule has 39 heavy (non-hydrogen) atoms. The van der Waals surface area contributed by atoms with E-state index in [-0.39, 0.29) is 45.0 Å². The molecule has 1 saturated heterocycles. The van der Waals surface area contributed by atoms with Crippen molar-refractivity contribution in [1.82, 2.24) is 15.3 Å². The van der Waals surface area contributed by atoms with E-state index < -0.39 is 27.6 Å². The lowest BCUT2D eigenvalue weighted by Crippen LogP contribution is -2.51. The first-order chi connectivity index (χ1) is 18.6. The highest BCUT2D eigenvalue weighted by Crippen LogP contribution is 2.42. The maximum Gasteiger partial charge on any atom is 0.176 e. The van der Waals surface area contributed by atoms with Gasteiger partial charge in [0.1, 0.15) is 17.8 Å². The zero-order chi connectivity index (χ0) is 27.9. The molecule has 5 rings (SSSR count). The van der Waals surface area contributed by atoms with Crippen LogP contribution in [0.4, 0.5) is 20.2 Å². The first kappa shape index (κ1) is 26.8. The fourth-order valence-corrected chi connectivity index (χ4v) is 5.76. The zero-order valence-corrected chi connectivity index (χ0v) is 22.4. The second-order valence-corrected chi connectivity index (χ2v) is 11.4. The molecule has 1 aliphatic heterocycles. The Morgan fingerprint density at radius 1 is 1.18 bits per heavy atom. The van der Waals surface area contributed by atoms with Crippen LogP contribution in [0, 0.1) is 18.6 Å². The Bertz CT molecular complexity index is 1690. The monoisotopic (exact) mass is 552 g/mol. The van der Waals surface area contributed by atoms with Crippen LogP contribution in [0.25, 0.3) is 22.2 Å². The van der Waals surface area contributed by atoms with Crippen LogP contribution in [-0.4, -0.2) is 56.3 Å². The van der Waals surface area contributed by atoms with Gasteiger partial charge >= 0.3 is 0 Å². The van der Waals surface area contributed by atoms with E-state index in [1.54, 1.807) is 31.5 Å². The quantitative estimate of drug-likeness (QED) is 0.347. The first-order valence-electron chi connectivity index (χ1n) is 12.2. The van der Waals surface area contributed by atoms with Crippen molar-refractivity contribution in [3.63, 3.8) is 0 Å². The molecule has 0 amide bonds. The molecule has 11 heteroatoms. The molecule has 0 bridgehead atoms. The highest BCUT2D eigenvalue weighted by Gasteiger charge is 2.30. The van der Waals surface area contributed by atoms with Crippen molar-refractivity contribution in [2.45, 2.75) is 24.9 Å². The van der Waals surface area contributed by atoms with Crippen LogP contribution in [0.2, 0.25) is 0 Å². The molecule has 1 aliphatic rings. The number of Topliss-reactive ketones (excluding diaryl/α,β-unsaturated/α-hetero) is 1. The molecule has 1 unspecified atom stereocenters. The molecule has 1 N–H and O–H groups in total. The number of carbonyl (C=O) groups excluding carboxylic acids is 1. The third kappa shape index (κ3) is 5.12. The Morgan fingerprint density at radius 2 is 1.97 bits per heavy atom. The number of nitrogens with zero attached hydrogens (tertiary/aromatic N) is 3. The third-order valence-electron chi connectivity index (χ3n) is 6.63. The lowest BCUT2D eigenvalue weighted by atomic mass is 9.97. The maximum atomic E-state index is 15.6. The maximum absolute atomic E-state index is 15.6. The van der Waals surface area contributed by atoms with Gasteiger partial charge in [-0.1, -0.05) is 6.07 Å². The van der Waals surface area contributed by atoms with Crippen LogP contribution in [0.15, 0.2) is 59.8 Å². The van der Waals surface area contributed by atoms with Crippen molar-refractivity contribution in [2.24, 2.45) is 0 Å². The van der Waals surface area contributed by atoms with Gasteiger partial charge < -0.3 is 9.64 Å². The Morgan fingerprint density at radius 3 is 2.62 bits per heavy atom. The normalized spacial score (nSPS) is 15.9. The minimum absolute atomic E-state index is 0.0126. The number of sulfone groups is 1. The predicted molar refractivity (Wildman–Crippen MR) is 144 cm³/mol. The van der Waals surface area contributed by atoms with E-state index in [1.165, 1.54) is 25.1 Å². The number of pyridine rings is 2. The number of aromatic nitrogens is 2. The number of ether oxygens (including phenoxy) is 1. The summed E-state index contributed by atoms with van der Waals surface area (Å²) >= 11 is 0. The highest BCUT2D eigenvalue weighted by molar-refractivity contribution is 7.90. The summed E-state index contributed by atoms with van der Waals surface area (Å²) in [6.45, 7) is 4.35. The van der Waals surface area contributed by atoms with E-state index in [9.17, 15) is 17.6 Å². The summed E-state index contributed by atoms with van der Waals surface area (Å²) in [5.41, 5.74) is 1.97. The first-order valence-corrected chi connectivity index (χ1v) is 14.1. The minimum atomic E-state index is -3.77. The summed E-state index contributed by atoms with van der Waals surface area (Å²) in [5.74, 6) is -1.93. The molecule has 0 spiro atoms. The fourth-order valence-electron chi connectivity index (χ4n) is 4.89. The molecule has 4 aromatic rings. The number of hydrogen-bond acceptors (Lipinski definition) is 8. The highest BCUT2D eigenvalue weighted by atomic mass is 32.2. The number of carbonyl (C=O) groups is 1. The van der Waals surface area contributed by atoms with Crippen molar-refractivity contribution in [3.05, 3.63) is 77.6 Å². The number of hydrogen-bond donors (Lipinski definition) is 1. The number of anilines is 2. The molecule has 8 nitrogen and oxygen atoms in total. The second kappa shape index (κ2) is 10.4. The molecule has 0 saturated carbocycles. The third-order valence-corrected chi connectivity index (χ3v) is 7.79. The summed E-state index contributed by atoms with van der Waals surface area (Å²) in [6.07, 6.45) is 3.82. The Kier molecular flexibility index (Phi) is 7.15. The SMILES string of the molecule is CC(=O)c1ccc(S(C)(=O)=O)c(-c2nc3cc(F)cc(F)c3c(N(c3cccnc3)C3COCCN3)c2C)c1. The van der Waals surface area contributed by atoms with Gasteiger partial charge in [0.15, 0.2) is 15.6 Å². The van der Waals surface area contributed by atoms with Crippen molar-refractivity contribution >= 4 is 37.9 Å². The minimum Gasteiger partial charge on any atom is -0.377 e. The van der Waals surface area contributed by atoms with E-state index in [4.69, 9.17) is 4.74 Å². The number of ketones is 1. The van der Waals surface area contributed by atoms with Crippen LogP contribution in [-0.2, 0) is 14.6 Å². The van der Waals surface area contributed by atoms with Crippen molar-refractivity contribution in [1.29, 1.82) is 0 Å². The number of rotatable bonds is 6. The molecule has 1 fully saturated rings. The lowest BCUT2D eigenvalue weighted by molar-refractivity contribution is 0.0788. The molecule has 2 aromatic carbocycles. The van der Waals surface area contributed by atoms with Gasteiger partial charge in [-0.05, 0) is 43.7 Å². The summed E-state index contributed by atoms with van der Waals surface area (Å²) < 4.78 is 61.4. The lowest BCUT2D eigenvalue weighted by Gasteiger charge is -2.38. The Balaban J connectivity index is 1.92. The molecular formula is C28H26F2N4O4S. The summed E-state index contributed by atoms with van der Waals surface area (Å²) in [6, 6.07) is 9.67. The van der Waals surface area contributed by atoms with Crippen molar-refractivity contribution in [2.75, 3.05) is 30.9 Å². The van der Waals surface area contributed by atoms with Gasteiger partial charge in [0.05, 0.1) is 52.3 Å². The average molecular weight is 553 g/mol. The molecule has 3 heterocycles. The van der Waals surface area contributed by atoms with Gasteiger partial charge in [0, 0.05) is 42.3 Å². The summed E-state index contributed by atoms with van der Waals surface area (Å²) in [4.78, 5) is 22.8. The molecule has 2 aromatic heterocycles. The molecule has 0 radical (unpaired) electrons. The van der Waals surface area contributed by atoms with Gasteiger partial charge in [0.25, 0.3) is 0 Å². The predicted octanol–water partition coefficient (Wildman–Crippen LogP) is 4.57. The van der Waals surface area contributed by atoms with Gasteiger partial charge in [-0.15, -0.1) is 0 Å². The fraction of sp³-hybridized carbons (Fsp3) is 0.250. The van der Waals surface area contributed by atoms with E-state index in [2.05, 4.69) is 15.3 Å². The summed E-state index contributed by atoms with van der Waals surface area (Å²) in [7, 11) is -3.77. The number of morpholine rings is 1. The smallest absolute Gasteiger partial charge is 0.176 e. The molecule has 1 atom stereocenters. The van der Waals surface area contributed by atoms with Crippen molar-refractivity contribution in [3.8, 4) is 11.3 Å². The van der Waals surface area contributed by atoms with Crippen molar-refractivity contribution < 1.29 is 26.7 Å². The Labute approximate surface area is 224 Å². The standard InChI is InChI=1S/C28H26F2N4O4S/c1-16-27(21-11-18(17(2)35)6-7-24(21)39(3,36)37)33-23-13-19(29)12-22(30)26(23)28(16)34(20-5-4-8-31-14-20)25-15-38-10-9-32-25/h4-8,11-14,25,32H,9-10,15H2,1-3H3. The number of benzene rings is 2. The van der Waals surface area contributed by atoms with E-state index in [0.29, 0.717) is 30.1 Å². The molecule has 202 valence electrons. The van der Waals surface area contributed by atoms with Gasteiger partial charge in [-0.2, -0.15) is 0 Å². The van der Waals surface area contributed by atoms with Gasteiger partial charge in [0.2, 0.25) is 0 Å². The molecular weight excluding hydrogens is 526 g/mol. The number of nitrogens with one attached hydrogen (secondary N) is 1. The number of halogens is 2. The van der Waals surface area contributed by atoms with Crippen LogP contribution < -0.4 is 10.2 Å². The second-order valence-electron chi connectivity index (χ2n) is 9.38. The van der Waals surface area contributed by atoms with Gasteiger partial charge in [-0.25, -0.2) is 22.2 Å². The van der Waals surface area contributed by atoms with E-state index in [1.807, 2.05) is 4.90 Å². The van der Waals surface area contributed by atoms with Crippen LogP contribution in [0.1, 0.15) is 22.8 Å². The Hall–Kier alpha value is -3.80. The number of fused-ring (bicyclic) bond motifs is 1. The van der Waals surface area contributed by atoms with Crippen LogP contribution in [0.5, 0.6) is 0 Å². The topological polar surface area (TPSA) is 101 Å². The largest absolute Gasteiger partial charge is 0.377 e. The van der Waals surface area contributed by atoms with E-state index >= 15 is 4.39 Å². The average Bonchev–Trinajstić information content (AvgIpc) is 2.90. The van der Waals surface area contributed by atoms with Gasteiger partial charge in [-0.3, -0.25) is 15.1 Å². The van der Waals surface area contributed by atoms with Crippen LogP contribution >= 0.6 is 0 Å².